The van der Waals surface area contributed by atoms with Crippen molar-refractivity contribution in [3.05, 3.63) is 54.1 Å². The first-order valence-electron chi connectivity index (χ1n) is 6.16. The van der Waals surface area contributed by atoms with Gasteiger partial charge in [-0.2, -0.15) is 0 Å². The lowest BCUT2D eigenvalue weighted by molar-refractivity contribution is 0.734. The molecule has 0 aromatic heterocycles. The molecule has 1 unspecified atom stereocenters. The molecule has 0 bridgehead atoms. The summed E-state index contributed by atoms with van der Waals surface area (Å²) in [4.78, 5) is 0. The Morgan fingerprint density at radius 1 is 1.00 bits per heavy atom. The number of hydrogen-bond donors (Lipinski definition) is 1. The van der Waals surface area contributed by atoms with Crippen molar-refractivity contribution in [3.8, 4) is 11.1 Å². The molecule has 1 nitrogen and oxygen atoms in total. The van der Waals surface area contributed by atoms with Crippen LogP contribution in [-0.2, 0) is 0 Å². The van der Waals surface area contributed by atoms with Crippen LogP contribution in [0.25, 0.3) is 11.1 Å². The first kappa shape index (κ1) is 11.7. The highest BCUT2D eigenvalue weighted by Crippen LogP contribution is 2.25. The molecule has 1 atom stereocenters. The Hall–Kier alpha value is -1.76. The van der Waals surface area contributed by atoms with Crippen molar-refractivity contribution in [2.24, 2.45) is 0 Å². The first-order valence-corrected chi connectivity index (χ1v) is 6.16. The lowest BCUT2D eigenvalue weighted by Gasteiger charge is -2.10. The molecule has 0 spiro atoms. The van der Waals surface area contributed by atoms with E-state index in [4.69, 9.17) is 5.73 Å². The van der Waals surface area contributed by atoms with Gasteiger partial charge in [0.15, 0.2) is 0 Å². The molecule has 0 saturated heterocycles. The Kier molecular flexibility index (Phi) is 3.48. The third-order valence-electron chi connectivity index (χ3n) is 3.31. The van der Waals surface area contributed by atoms with Gasteiger partial charge in [-0.3, -0.25) is 0 Å². The molecular weight excluding hydrogens is 206 g/mol. The highest BCUT2D eigenvalue weighted by molar-refractivity contribution is 5.67. The largest absolute Gasteiger partial charge is 0.399 e. The number of benzene rings is 2. The maximum absolute atomic E-state index is 5.80. The summed E-state index contributed by atoms with van der Waals surface area (Å²) in [6, 6.07) is 16.8. The Bertz CT molecular complexity index is 485. The smallest absolute Gasteiger partial charge is 0.0320 e. The average Bonchev–Trinajstić information content (AvgIpc) is 2.38. The van der Waals surface area contributed by atoms with Crippen molar-refractivity contribution in [2.75, 3.05) is 5.73 Å². The standard InChI is InChI=1S/C16H19N/c1-3-12(2)13-7-9-14(10-8-13)15-5-4-6-16(17)11-15/h4-12H,3,17H2,1-2H3. The van der Waals surface area contributed by atoms with Crippen molar-refractivity contribution >= 4 is 5.69 Å². The predicted molar refractivity (Wildman–Crippen MR) is 75.0 cm³/mol. The van der Waals surface area contributed by atoms with Crippen molar-refractivity contribution in [3.63, 3.8) is 0 Å². The summed E-state index contributed by atoms with van der Waals surface area (Å²) in [5.74, 6) is 0.630. The van der Waals surface area contributed by atoms with E-state index >= 15 is 0 Å². The van der Waals surface area contributed by atoms with Crippen LogP contribution in [0, 0.1) is 0 Å². The minimum absolute atomic E-state index is 0.630. The average molecular weight is 225 g/mol. The molecule has 2 N–H and O–H groups in total. The van der Waals surface area contributed by atoms with Gasteiger partial charge < -0.3 is 5.73 Å². The fraction of sp³-hybridized carbons (Fsp3) is 0.250. The third-order valence-corrected chi connectivity index (χ3v) is 3.31. The van der Waals surface area contributed by atoms with Crippen LogP contribution < -0.4 is 5.73 Å². The van der Waals surface area contributed by atoms with Crippen molar-refractivity contribution in [2.45, 2.75) is 26.2 Å². The van der Waals surface area contributed by atoms with Crippen LogP contribution in [0.3, 0.4) is 0 Å². The molecule has 1 heteroatoms. The number of nitrogens with two attached hydrogens (primary N) is 1. The maximum Gasteiger partial charge on any atom is 0.0320 e. The van der Waals surface area contributed by atoms with Gasteiger partial charge in [0.25, 0.3) is 0 Å². The van der Waals surface area contributed by atoms with E-state index in [9.17, 15) is 0 Å². The van der Waals surface area contributed by atoms with Crippen molar-refractivity contribution < 1.29 is 0 Å². The number of anilines is 1. The lowest BCUT2D eigenvalue weighted by Crippen LogP contribution is -1.91. The van der Waals surface area contributed by atoms with Crippen molar-refractivity contribution in [1.29, 1.82) is 0 Å². The lowest BCUT2D eigenvalue weighted by atomic mass is 9.96. The molecule has 0 amide bonds. The molecule has 0 aliphatic rings. The zero-order valence-electron chi connectivity index (χ0n) is 10.5. The molecule has 0 aliphatic heterocycles. The van der Waals surface area contributed by atoms with Crippen LogP contribution in [0.2, 0.25) is 0 Å². The molecule has 2 aromatic carbocycles. The Morgan fingerprint density at radius 2 is 1.71 bits per heavy atom. The molecule has 2 rings (SSSR count). The molecule has 88 valence electrons. The van der Waals surface area contributed by atoms with Gasteiger partial charge in [-0.15, -0.1) is 0 Å². The van der Waals surface area contributed by atoms with Gasteiger partial charge in [0.2, 0.25) is 0 Å². The van der Waals surface area contributed by atoms with E-state index in [0.29, 0.717) is 5.92 Å². The number of nitrogen functional groups attached to an aromatic ring is 1. The molecule has 0 heterocycles. The van der Waals surface area contributed by atoms with Gasteiger partial charge in [-0.05, 0) is 41.2 Å². The SMILES string of the molecule is CCC(C)c1ccc(-c2cccc(N)c2)cc1. The minimum Gasteiger partial charge on any atom is -0.399 e. The summed E-state index contributed by atoms with van der Waals surface area (Å²) in [5.41, 5.74) is 10.4. The normalized spacial score (nSPS) is 12.4. The maximum atomic E-state index is 5.80. The van der Waals surface area contributed by atoms with E-state index in [-0.39, 0.29) is 0 Å². The Labute approximate surface area is 103 Å². The zero-order valence-corrected chi connectivity index (χ0v) is 10.5. The van der Waals surface area contributed by atoms with Gasteiger partial charge in [-0.25, -0.2) is 0 Å². The summed E-state index contributed by atoms with van der Waals surface area (Å²) >= 11 is 0. The van der Waals surface area contributed by atoms with Crippen LogP contribution in [0.1, 0.15) is 31.7 Å². The monoisotopic (exact) mass is 225 g/mol. The molecule has 2 aromatic rings. The highest BCUT2D eigenvalue weighted by atomic mass is 14.5. The molecular formula is C16H19N. The van der Waals surface area contributed by atoms with Crippen molar-refractivity contribution in [1.82, 2.24) is 0 Å². The summed E-state index contributed by atoms with van der Waals surface area (Å²) in [6.45, 7) is 4.48. The summed E-state index contributed by atoms with van der Waals surface area (Å²) in [7, 11) is 0. The quantitative estimate of drug-likeness (QED) is 0.767. The molecule has 17 heavy (non-hydrogen) atoms. The number of hydrogen-bond acceptors (Lipinski definition) is 1. The minimum atomic E-state index is 0.630. The summed E-state index contributed by atoms with van der Waals surface area (Å²) in [5, 5.41) is 0. The fourth-order valence-electron chi connectivity index (χ4n) is 1.96. The van der Waals surface area contributed by atoms with E-state index in [2.05, 4.69) is 44.2 Å². The third kappa shape index (κ3) is 2.68. The Morgan fingerprint density at radius 3 is 2.29 bits per heavy atom. The second-order valence-corrected chi connectivity index (χ2v) is 4.56. The van der Waals surface area contributed by atoms with E-state index in [1.165, 1.54) is 23.1 Å². The van der Waals surface area contributed by atoms with Gasteiger partial charge in [0.05, 0.1) is 0 Å². The highest BCUT2D eigenvalue weighted by Gasteiger charge is 2.03. The molecule has 0 fully saturated rings. The van der Waals surface area contributed by atoms with Gasteiger partial charge in [0, 0.05) is 5.69 Å². The van der Waals surface area contributed by atoms with Crippen LogP contribution in [0.15, 0.2) is 48.5 Å². The van der Waals surface area contributed by atoms with E-state index in [1.54, 1.807) is 0 Å². The van der Waals surface area contributed by atoms with Gasteiger partial charge in [0.1, 0.15) is 0 Å². The second-order valence-electron chi connectivity index (χ2n) is 4.56. The van der Waals surface area contributed by atoms with E-state index in [1.807, 2.05) is 18.2 Å². The molecule has 0 radical (unpaired) electrons. The predicted octanol–water partition coefficient (Wildman–Crippen LogP) is 4.45. The zero-order chi connectivity index (χ0) is 12.3. The first-order chi connectivity index (χ1) is 8.20. The summed E-state index contributed by atoms with van der Waals surface area (Å²) < 4.78 is 0. The Balaban J connectivity index is 2.29. The van der Waals surface area contributed by atoms with Crippen LogP contribution in [0.4, 0.5) is 5.69 Å². The van der Waals surface area contributed by atoms with Crippen LogP contribution >= 0.6 is 0 Å². The van der Waals surface area contributed by atoms with Gasteiger partial charge in [-0.1, -0.05) is 50.2 Å². The molecule has 0 saturated carbocycles. The number of rotatable bonds is 3. The van der Waals surface area contributed by atoms with Gasteiger partial charge >= 0.3 is 0 Å². The topological polar surface area (TPSA) is 26.0 Å². The molecule has 0 aliphatic carbocycles. The van der Waals surface area contributed by atoms with E-state index in [0.717, 1.165) is 5.69 Å². The van der Waals surface area contributed by atoms with E-state index < -0.39 is 0 Å². The summed E-state index contributed by atoms with van der Waals surface area (Å²) in [6.07, 6.45) is 1.18. The van der Waals surface area contributed by atoms with Crippen LogP contribution in [0.5, 0.6) is 0 Å². The van der Waals surface area contributed by atoms with Crippen LogP contribution in [-0.4, -0.2) is 0 Å². The fourth-order valence-corrected chi connectivity index (χ4v) is 1.96. The second kappa shape index (κ2) is 5.05.